The van der Waals surface area contributed by atoms with E-state index in [1.807, 2.05) is 30.3 Å². The van der Waals surface area contributed by atoms with Crippen LogP contribution in [0.1, 0.15) is 31.6 Å². The third-order valence-corrected chi connectivity index (χ3v) is 5.49. The Hall–Kier alpha value is -1.76. The SMILES string of the molecule is CN(Cc1nc(-c2ccccc2)no1)C1CCOC2(CCNCC2)C1. The minimum atomic E-state index is 0.0620. The Labute approximate surface area is 148 Å². The van der Waals surface area contributed by atoms with Gasteiger partial charge in [-0.25, -0.2) is 0 Å². The van der Waals surface area contributed by atoms with Gasteiger partial charge >= 0.3 is 0 Å². The molecule has 1 unspecified atom stereocenters. The average molecular weight is 342 g/mol. The number of nitrogens with one attached hydrogen (secondary N) is 1. The van der Waals surface area contributed by atoms with Gasteiger partial charge in [0.15, 0.2) is 0 Å². The van der Waals surface area contributed by atoms with Crippen molar-refractivity contribution in [3.8, 4) is 11.4 Å². The molecule has 25 heavy (non-hydrogen) atoms. The van der Waals surface area contributed by atoms with Crippen molar-refractivity contribution >= 4 is 0 Å². The van der Waals surface area contributed by atoms with E-state index in [9.17, 15) is 0 Å². The molecule has 0 bridgehead atoms. The lowest BCUT2D eigenvalue weighted by atomic mass is 9.82. The van der Waals surface area contributed by atoms with Gasteiger partial charge in [0.05, 0.1) is 12.1 Å². The maximum atomic E-state index is 6.18. The molecule has 1 atom stereocenters. The van der Waals surface area contributed by atoms with Crippen molar-refractivity contribution in [2.45, 2.75) is 43.9 Å². The normalized spacial score (nSPS) is 23.2. The summed E-state index contributed by atoms with van der Waals surface area (Å²) in [5.74, 6) is 1.33. The minimum absolute atomic E-state index is 0.0620. The molecule has 2 aliphatic heterocycles. The molecule has 1 spiro atoms. The van der Waals surface area contributed by atoms with Crippen molar-refractivity contribution in [2.75, 3.05) is 26.7 Å². The highest BCUT2D eigenvalue weighted by Gasteiger charge is 2.39. The summed E-state index contributed by atoms with van der Waals surface area (Å²) in [6.45, 7) is 3.63. The molecule has 6 heteroatoms. The molecule has 0 radical (unpaired) electrons. The topological polar surface area (TPSA) is 63.4 Å². The van der Waals surface area contributed by atoms with Gasteiger partial charge in [-0.15, -0.1) is 0 Å². The number of ether oxygens (including phenoxy) is 1. The van der Waals surface area contributed by atoms with Gasteiger partial charge in [-0.05, 0) is 45.8 Å². The second-order valence-corrected chi connectivity index (χ2v) is 7.22. The first-order chi connectivity index (χ1) is 12.2. The molecule has 1 N–H and O–H groups in total. The standard InChI is InChI=1S/C19H26N4O2/c1-23(16-7-12-24-19(13-16)8-10-20-11-9-19)14-17-21-18(22-25-17)15-5-3-2-4-6-15/h2-6,16,20H,7-14H2,1H3. The summed E-state index contributed by atoms with van der Waals surface area (Å²) in [5.41, 5.74) is 1.05. The Morgan fingerprint density at radius 2 is 2.04 bits per heavy atom. The third-order valence-electron chi connectivity index (χ3n) is 5.49. The number of hydrogen-bond acceptors (Lipinski definition) is 6. The summed E-state index contributed by atoms with van der Waals surface area (Å²) >= 11 is 0. The Bertz CT molecular complexity index is 676. The molecular formula is C19H26N4O2. The van der Waals surface area contributed by atoms with Crippen molar-refractivity contribution in [3.63, 3.8) is 0 Å². The summed E-state index contributed by atoms with van der Waals surface area (Å²) in [7, 11) is 2.15. The Balaban J connectivity index is 1.40. The van der Waals surface area contributed by atoms with E-state index >= 15 is 0 Å². The zero-order valence-electron chi connectivity index (χ0n) is 14.8. The van der Waals surface area contributed by atoms with E-state index in [0.717, 1.165) is 50.9 Å². The van der Waals surface area contributed by atoms with Crippen molar-refractivity contribution in [1.82, 2.24) is 20.4 Å². The van der Waals surface area contributed by atoms with E-state index < -0.39 is 0 Å². The predicted molar refractivity (Wildman–Crippen MR) is 95.0 cm³/mol. The molecule has 3 heterocycles. The Morgan fingerprint density at radius 3 is 2.84 bits per heavy atom. The summed E-state index contributed by atoms with van der Waals surface area (Å²) < 4.78 is 11.7. The van der Waals surface area contributed by atoms with E-state index in [-0.39, 0.29) is 5.60 Å². The predicted octanol–water partition coefficient (Wildman–Crippen LogP) is 2.47. The Morgan fingerprint density at radius 1 is 1.24 bits per heavy atom. The summed E-state index contributed by atoms with van der Waals surface area (Å²) in [6.07, 6.45) is 4.36. The molecular weight excluding hydrogens is 316 g/mol. The second-order valence-electron chi connectivity index (χ2n) is 7.22. The zero-order valence-corrected chi connectivity index (χ0v) is 14.8. The average Bonchev–Trinajstić information content (AvgIpc) is 3.12. The Kier molecular flexibility index (Phi) is 4.83. The van der Waals surface area contributed by atoms with Gasteiger partial charge in [0.1, 0.15) is 0 Å². The highest BCUT2D eigenvalue weighted by atomic mass is 16.5. The van der Waals surface area contributed by atoms with Crippen LogP contribution in [0.5, 0.6) is 0 Å². The van der Waals surface area contributed by atoms with Crippen LogP contribution >= 0.6 is 0 Å². The third kappa shape index (κ3) is 3.76. The van der Waals surface area contributed by atoms with Crippen LogP contribution in [-0.2, 0) is 11.3 Å². The number of benzene rings is 1. The van der Waals surface area contributed by atoms with E-state index in [1.54, 1.807) is 0 Å². The largest absolute Gasteiger partial charge is 0.375 e. The zero-order chi connectivity index (χ0) is 17.1. The van der Waals surface area contributed by atoms with Crippen LogP contribution in [0.4, 0.5) is 0 Å². The summed E-state index contributed by atoms with van der Waals surface area (Å²) in [5, 5.41) is 7.55. The lowest BCUT2D eigenvalue weighted by Gasteiger charge is -2.45. The molecule has 2 fully saturated rings. The van der Waals surface area contributed by atoms with Crippen LogP contribution in [0.25, 0.3) is 11.4 Å². The number of rotatable bonds is 4. The van der Waals surface area contributed by atoms with Crippen LogP contribution in [0.15, 0.2) is 34.9 Å². The van der Waals surface area contributed by atoms with E-state index in [4.69, 9.17) is 9.26 Å². The second kappa shape index (κ2) is 7.23. The van der Waals surface area contributed by atoms with Gasteiger partial charge in [0, 0.05) is 18.2 Å². The van der Waals surface area contributed by atoms with E-state index in [2.05, 4.69) is 27.4 Å². The smallest absolute Gasteiger partial charge is 0.241 e. The van der Waals surface area contributed by atoms with Gasteiger partial charge in [-0.1, -0.05) is 35.5 Å². The van der Waals surface area contributed by atoms with Gasteiger partial charge in [-0.2, -0.15) is 4.98 Å². The molecule has 2 aliphatic rings. The van der Waals surface area contributed by atoms with Crippen molar-refractivity contribution < 1.29 is 9.26 Å². The number of nitrogens with zero attached hydrogens (tertiary/aromatic N) is 3. The van der Waals surface area contributed by atoms with E-state index in [1.165, 1.54) is 0 Å². The molecule has 6 nitrogen and oxygen atoms in total. The lowest BCUT2D eigenvalue weighted by molar-refractivity contribution is -0.119. The number of hydrogen-bond donors (Lipinski definition) is 1. The van der Waals surface area contributed by atoms with Gasteiger partial charge < -0.3 is 14.6 Å². The van der Waals surface area contributed by atoms with Gasteiger partial charge in [0.25, 0.3) is 0 Å². The number of piperidine rings is 1. The van der Waals surface area contributed by atoms with Crippen LogP contribution in [0.2, 0.25) is 0 Å². The fourth-order valence-corrected chi connectivity index (χ4v) is 3.97. The molecule has 0 saturated carbocycles. The molecule has 1 aromatic carbocycles. The highest BCUT2D eigenvalue weighted by Crippen LogP contribution is 2.35. The van der Waals surface area contributed by atoms with Gasteiger partial charge in [-0.3, -0.25) is 4.90 Å². The number of aromatic nitrogens is 2. The van der Waals surface area contributed by atoms with E-state index in [0.29, 0.717) is 24.3 Å². The first-order valence-electron chi connectivity index (χ1n) is 9.17. The fourth-order valence-electron chi connectivity index (χ4n) is 3.97. The van der Waals surface area contributed by atoms with Crippen molar-refractivity contribution in [2.24, 2.45) is 0 Å². The molecule has 2 saturated heterocycles. The molecule has 1 aromatic heterocycles. The van der Waals surface area contributed by atoms with Crippen LogP contribution in [0, 0.1) is 0 Å². The van der Waals surface area contributed by atoms with Crippen molar-refractivity contribution in [1.29, 1.82) is 0 Å². The molecule has 0 aliphatic carbocycles. The minimum Gasteiger partial charge on any atom is -0.375 e. The lowest BCUT2D eigenvalue weighted by Crippen LogP contribution is -2.52. The molecule has 2 aromatic rings. The maximum Gasteiger partial charge on any atom is 0.241 e. The first kappa shape index (κ1) is 16.7. The monoisotopic (exact) mass is 342 g/mol. The summed E-state index contributed by atoms with van der Waals surface area (Å²) in [4.78, 5) is 6.90. The molecule has 134 valence electrons. The quantitative estimate of drug-likeness (QED) is 0.921. The highest BCUT2D eigenvalue weighted by molar-refractivity contribution is 5.53. The van der Waals surface area contributed by atoms with Crippen molar-refractivity contribution in [3.05, 3.63) is 36.2 Å². The van der Waals surface area contributed by atoms with Gasteiger partial charge in [0.2, 0.25) is 11.7 Å². The fraction of sp³-hybridized carbons (Fsp3) is 0.579. The maximum absolute atomic E-state index is 6.18. The molecule has 4 rings (SSSR count). The van der Waals surface area contributed by atoms with Crippen LogP contribution in [0.3, 0.4) is 0 Å². The van der Waals surface area contributed by atoms with Crippen LogP contribution < -0.4 is 5.32 Å². The summed E-state index contributed by atoms with van der Waals surface area (Å²) in [6, 6.07) is 10.4. The first-order valence-corrected chi connectivity index (χ1v) is 9.17. The van der Waals surface area contributed by atoms with Crippen LogP contribution in [-0.4, -0.2) is 53.4 Å². The molecule has 0 amide bonds.